The number of hydrogen-bond acceptors (Lipinski definition) is 4. The highest BCUT2D eigenvalue weighted by atomic mass is 16.5. The van der Waals surface area contributed by atoms with Gasteiger partial charge < -0.3 is 9.84 Å². The number of nitriles is 1. The molecule has 0 amide bonds. The summed E-state index contributed by atoms with van der Waals surface area (Å²) in [4.78, 5) is 22.2. The Balaban J connectivity index is 3.09. The highest BCUT2D eigenvalue weighted by Gasteiger charge is 2.09. The molecule has 0 saturated carbocycles. The Morgan fingerprint density at radius 3 is 2.80 bits per heavy atom. The van der Waals surface area contributed by atoms with Gasteiger partial charge in [-0.1, -0.05) is 6.07 Å². The van der Waals surface area contributed by atoms with Crippen LogP contribution < -0.4 is 0 Å². The third-order valence-electron chi connectivity index (χ3n) is 2.57. The maximum Gasteiger partial charge on any atom is 0.338 e. The zero-order valence-corrected chi connectivity index (χ0v) is 11.1. The maximum absolute atomic E-state index is 11.6. The standard InChI is InChI=1S/C15H15NO4/c1-2-20-15(19)13-6-5-11(7-8-14(17)18)12(10-13)4-3-9-16/h5-8,10H,2-4H2,1H3,(H,17,18)/b8-7+. The van der Waals surface area contributed by atoms with Crippen LogP contribution in [0.5, 0.6) is 0 Å². The summed E-state index contributed by atoms with van der Waals surface area (Å²) in [6.45, 7) is 2.01. The van der Waals surface area contributed by atoms with Crippen LogP contribution in [-0.4, -0.2) is 23.7 Å². The molecule has 20 heavy (non-hydrogen) atoms. The van der Waals surface area contributed by atoms with E-state index in [1.807, 2.05) is 6.07 Å². The lowest BCUT2D eigenvalue weighted by Gasteiger charge is -2.07. The van der Waals surface area contributed by atoms with Gasteiger partial charge in [0.05, 0.1) is 18.2 Å². The zero-order chi connectivity index (χ0) is 15.0. The first-order valence-electron chi connectivity index (χ1n) is 6.16. The number of esters is 1. The highest BCUT2D eigenvalue weighted by Crippen LogP contribution is 2.17. The number of carboxylic acid groups (broad SMARTS) is 1. The minimum atomic E-state index is -1.05. The second kappa shape index (κ2) is 7.74. The minimum Gasteiger partial charge on any atom is -0.478 e. The van der Waals surface area contributed by atoms with E-state index in [9.17, 15) is 9.59 Å². The largest absolute Gasteiger partial charge is 0.478 e. The molecule has 1 aromatic rings. The Hall–Kier alpha value is -2.61. The summed E-state index contributed by atoms with van der Waals surface area (Å²) in [5, 5.41) is 17.3. The van der Waals surface area contributed by atoms with Gasteiger partial charge in [-0.2, -0.15) is 5.26 Å². The Labute approximate surface area is 117 Å². The van der Waals surface area contributed by atoms with Crippen LogP contribution in [0.4, 0.5) is 0 Å². The fourth-order valence-electron chi connectivity index (χ4n) is 1.68. The lowest BCUT2D eigenvalue weighted by atomic mass is 9.99. The summed E-state index contributed by atoms with van der Waals surface area (Å²) < 4.78 is 4.91. The Morgan fingerprint density at radius 1 is 1.45 bits per heavy atom. The van der Waals surface area contributed by atoms with Crippen molar-refractivity contribution in [2.24, 2.45) is 0 Å². The van der Waals surface area contributed by atoms with Gasteiger partial charge in [-0.15, -0.1) is 0 Å². The smallest absolute Gasteiger partial charge is 0.338 e. The van der Waals surface area contributed by atoms with E-state index in [1.54, 1.807) is 25.1 Å². The molecule has 0 aliphatic rings. The van der Waals surface area contributed by atoms with Crippen molar-refractivity contribution in [2.75, 3.05) is 6.61 Å². The van der Waals surface area contributed by atoms with E-state index in [0.717, 1.165) is 11.6 Å². The van der Waals surface area contributed by atoms with Crippen molar-refractivity contribution in [1.82, 2.24) is 0 Å². The molecule has 5 heteroatoms. The number of carboxylic acids is 1. The number of rotatable bonds is 6. The number of carbonyl (C=O) groups is 2. The number of aryl methyl sites for hydroxylation is 1. The molecule has 0 aliphatic carbocycles. The molecule has 1 rings (SSSR count). The molecule has 104 valence electrons. The van der Waals surface area contributed by atoms with Gasteiger partial charge in [-0.25, -0.2) is 9.59 Å². The normalized spacial score (nSPS) is 10.2. The lowest BCUT2D eigenvalue weighted by molar-refractivity contribution is -0.131. The van der Waals surface area contributed by atoms with Gasteiger partial charge in [-0.05, 0) is 42.7 Å². The van der Waals surface area contributed by atoms with Crippen LogP contribution in [0.15, 0.2) is 24.3 Å². The predicted molar refractivity (Wildman–Crippen MR) is 73.0 cm³/mol. The SMILES string of the molecule is CCOC(=O)c1ccc(/C=C/C(=O)O)c(CCC#N)c1. The summed E-state index contributed by atoms with van der Waals surface area (Å²) in [7, 11) is 0. The van der Waals surface area contributed by atoms with E-state index >= 15 is 0 Å². The lowest BCUT2D eigenvalue weighted by Crippen LogP contribution is -2.05. The molecule has 1 N–H and O–H groups in total. The zero-order valence-electron chi connectivity index (χ0n) is 11.1. The average Bonchev–Trinajstić information content (AvgIpc) is 2.43. The van der Waals surface area contributed by atoms with Gasteiger partial charge in [0.25, 0.3) is 0 Å². The fourth-order valence-corrected chi connectivity index (χ4v) is 1.68. The van der Waals surface area contributed by atoms with Crippen molar-refractivity contribution in [3.05, 3.63) is 41.0 Å². The average molecular weight is 273 g/mol. The molecule has 1 aromatic carbocycles. The Morgan fingerprint density at radius 2 is 2.20 bits per heavy atom. The molecule has 0 radical (unpaired) electrons. The van der Waals surface area contributed by atoms with Crippen molar-refractivity contribution in [2.45, 2.75) is 19.8 Å². The second-order valence-electron chi connectivity index (χ2n) is 3.96. The molecule has 0 atom stereocenters. The quantitative estimate of drug-likeness (QED) is 0.635. The molecule has 0 heterocycles. The summed E-state index contributed by atoms with van der Waals surface area (Å²) in [6, 6.07) is 6.89. The molecule has 0 aliphatic heterocycles. The van der Waals surface area contributed by atoms with Crippen LogP contribution in [0, 0.1) is 11.3 Å². The molecule has 0 unspecified atom stereocenters. The molecule has 0 aromatic heterocycles. The van der Waals surface area contributed by atoms with E-state index < -0.39 is 11.9 Å². The first-order chi connectivity index (χ1) is 9.58. The third-order valence-corrected chi connectivity index (χ3v) is 2.57. The predicted octanol–water partition coefficient (Wildman–Crippen LogP) is 2.42. The van der Waals surface area contributed by atoms with Crippen LogP contribution in [0.2, 0.25) is 0 Å². The van der Waals surface area contributed by atoms with Crippen LogP contribution in [0.1, 0.15) is 34.8 Å². The summed E-state index contributed by atoms with van der Waals surface area (Å²) in [6.07, 6.45) is 3.21. The van der Waals surface area contributed by atoms with Gasteiger partial charge in [-0.3, -0.25) is 0 Å². The Kier molecular flexibility index (Phi) is 5.98. The van der Waals surface area contributed by atoms with Gasteiger partial charge in [0.2, 0.25) is 0 Å². The van der Waals surface area contributed by atoms with Crippen molar-refractivity contribution in [3.8, 4) is 6.07 Å². The molecule has 0 fully saturated rings. The van der Waals surface area contributed by atoms with Crippen LogP contribution >= 0.6 is 0 Å². The number of aliphatic carboxylic acids is 1. The topological polar surface area (TPSA) is 87.4 Å². The molecule has 0 saturated heterocycles. The number of hydrogen-bond donors (Lipinski definition) is 1. The molecule has 5 nitrogen and oxygen atoms in total. The van der Waals surface area contributed by atoms with E-state index in [4.69, 9.17) is 15.1 Å². The summed E-state index contributed by atoms with van der Waals surface area (Å²) in [5.74, 6) is -1.48. The molecular weight excluding hydrogens is 258 g/mol. The van der Waals surface area contributed by atoms with Crippen LogP contribution in [-0.2, 0) is 16.0 Å². The van der Waals surface area contributed by atoms with Gasteiger partial charge in [0, 0.05) is 12.5 Å². The maximum atomic E-state index is 11.6. The van der Waals surface area contributed by atoms with Crippen molar-refractivity contribution >= 4 is 18.0 Å². The van der Waals surface area contributed by atoms with E-state index in [-0.39, 0.29) is 6.61 Å². The van der Waals surface area contributed by atoms with E-state index in [2.05, 4.69) is 0 Å². The van der Waals surface area contributed by atoms with Crippen molar-refractivity contribution < 1.29 is 19.4 Å². The van der Waals surface area contributed by atoms with Gasteiger partial charge in [0.1, 0.15) is 0 Å². The van der Waals surface area contributed by atoms with Crippen LogP contribution in [0.3, 0.4) is 0 Å². The minimum absolute atomic E-state index is 0.285. The van der Waals surface area contributed by atoms with E-state index in [1.165, 1.54) is 6.08 Å². The number of nitrogens with zero attached hydrogens (tertiary/aromatic N) is 1. The number of ether oxygens (including phenoxy) is 1. The van der Waals surface area contributed by atoms with Gasteiger partial charge in [0.15, 0.2) is 0 Å². The van der Waals surface area contributed by atoms with E-state index in [0.29, 0.717) is 24.0 Å². The number of carbonyl (C=O) groups excluding carboxylic acids is 1. The molecular formula is C15H15NO4. The molecule has 0 bridgehead atoms. The van der Waals surface area contributed by atoms with Crippen LogP contribution in [0.25, 0.3) is 6.08 Å². The van der Waals surface area contributed by atoms with Crippen molar-refractivity contribution in [1.29, 1.82) is 5.26 Å². The molecule has 0 spiro atoms. The summed E-state index contributed by atoms with van der Waals surface area (Å²) >= 11 is 0. The monoisotopic (exact) mass is 273 g/mol. The highest BCUT2D eigenvalue weighted by molar-refractivity contribution is 5.90. The Bertz CT molecular complexity index is 570. The first-order valence-corrected chi connectivity index (χ1v) is 6.16. The first kappa shape index (κ1) is 15.4. The second-order valence-corrected chi connectivity index (χ2v) is 3.96. The number of benzene rings is 1. The third kappa shape index (κ3) is 4.58. The summed E-state index contributed by atoms with van der Waals surface area (Å²) in [5.41, 5.74) is 1.82. The van der Waals surface area contributed by atoms with Gasteiger partial charge >= 0.3 is 11.9 Å². The van der Waals surface area contributed by atoms with Crippen molar-refractivity contribution in [3.63, 3.8) is 0 Å². The fraction of sp³-hybridized carbons (Fsp3) is 0.267.